The first kappa shape index (κ1) is 31.8. The Labute approximate surface area is 266 Å². The summed E-state index contributed by atoms with van der Waals surface area (Å²) in [7, 11) is 0. The highest BCUT2D eigenvalue weighted by molar-refractivity contribution is 6.31. The molecule has 2 amide bonds. The quantitative estimate of drug-likeness (QED) is 0.209. The van der Waals surface area contributed by atoms with Crippen LogP contribution in [0.15, 0.2) is 60.7 Å². The van der Waals surface area contributed by atoms with Crippen molar-refractivity contribution in [1.29, 1.82) is 0 Å². The maximum atomic E-state index is 15.9. The van der Waals surface area contributed by atoms with Crippen LogP contribution in [0.5, 0.6) is 0 Å². The zero-order valence-corrected chi connectivity index (χ0v) is 26.4. The van der Waals surface area contributed by atoms with Crippen molar-refractivity contribution in [1.82, 2.24) is 5.32 Å². The standard InChI is InChI=1S/C33H35Cl2FN4O4/c1-5-44-26(41)17-37-19-10-12-20(13-11-19)38-30(42)29-27(21-7-6-8-23(35)28(21)36)33(25(40-29)16-32(2,3)4)22-14-9-18(34)15-24(22)39-31(33)43/h6-15,25,27,29,37,40H,5,16-17H2,1-4H3,(H,38,42)(H,39,43)/t25-,27-,29-,33?/m0/s1. The molecule has 0 saturated carbocycles. The Morgan fingerprint density at radius 2 is 1.75 bits per heavy atom. The molecule has 0 aliphatic carbocycles. The molecule has 0 bridgehead atoms. The van der Waals surface area contributed by atoms with Gasteiger partial charge in [-0.05, 0) is 72.4 Å². The van der Waals surface area contributed by atoms with Crippen LogP contribution < -0.4 is 21.3 Å². The Hall–Kier alpha value is -3.66. The lowest BCUT2D eigenvalue weighted by Crippen LogP contribution is -2.49. The van der Waals surface area contributed by atoms with Crippen LogP contribution in [0.4, 0.5) is 21.5 Å². The molecule has 1 fully saturated rings. The number of anilines is 3. The average molecular weight is 642 g/mol. The lowest BCUT2D eigenvalue weighted by atomic mass is 9.62. The second-order valence-corrected chi connectivity index (χ2v) is 13.2. The minimum Gasteiger partial charge on any atom is -0.465 e. The predicted molar refractivity (Wildman–Crippen MR) is 171 cm³/mol. The maximum absolute atomic E-state index is 15.9. The normalized spacial score (nSPS) is 22.4. The van der Waals surface area contributed by atoms with Gasteiger partial charge < -0.3 is 26.0 Å². The number of rotatable bonds is 8. The van der Waals surface area contributed by atoms with Gasteiger partial charge in [0.25, 0.3) is 0 Å². The van der Waals surface area contributed by atoms with E-state index in [1.54, 1.807) is 61.5 Å². The second kappa shape index (κ2) is 12.4. The molecule has 8 nitrogen and oxygen atoms in total. The molecule has 0 radical (unpaired) electrons. The van der Waals surface area contributed by atoms with E-state index in [0.29, 0.717) is 40.7 Å². The summed E-state index contributed by atoms with van der Waals surface area (Å²) in [5, 5.41) is 12.7. The van der Waals surface area contributed by atoms with E-state index in [2.05, 4.69) is 42.0 Å². The van der Waals surface area contributed by atoms with Crippen molar-refractivity contribution in [2.24, 2.45) is 5.41 Å². The number of ether oxygens (including phenoxy) is 1. The molecule has 5 rings (SSSR count). The molecule has 11 heteroatoms. The fourth-order valence-corrected chi connectivity index (χ4v) is 6.78. The Kier molecular flexibility index (Phi) is 8.94. The minimum absolute atomic E-state index is 0.00438. The van der Waals surface area contributed by atoms with Crippen molar-refractivity contribution >= 4 is 58.0 Å². The summed E-state index contributed by atoms with van der Waals surface area (Å²) in [5.41, 5.74) is 0.888. The molecule has 2 aliphatic heterocycles. The number of hydrogen-bond acceptors (Lipinski definition) is 6. The van der Waals surface area contributed by atoms with Crippen LogP contribution in [-0.4, -0.2) is 43.0 Å². The topological polar surface area (TPSA) is 109 Å². The van der Waals surface area contributed by atoms with E-state index < -0.39 is 35.1 Å². The largest absolute Gasteiger partial charge is 0.465 e. The van der Waals surface area contributed by atoms with Gasteiger partial charge in [0.2, 0.25) is 11.8 Å². The van der Waals surface area contributed by atoms with Crippen molar-refractivity contribution < 1.29 is 23.5 Å². The Morgan fingerprint density at radius 1 is 1.05 bits per heavy atom. The van der Waals surface area contributed by atoms with Crippen molar-refractivity contribution in [3.63, 3.8) is 0 Å². The number of carbonyl (C=O) groups is 3. The molecule has 1 unspecified atom stereocenters. The summed E-state index contributed by atoms with van der Waals surface area (Å²) in [4.78, 5) is 40.1. The summed E-state index contributed by atoms with van der Waals surface area (Å²) in [6, 6.07) is 15.1. The SMILES string of the molecule is CCOC(=O)CNc1ccc(NC(=O)[C@H]2N[C@@H](CC(C)(C)C)C3(C(=O)Nc4cc(Cl)ccc43)[C@H]2c2cccc(Cl)c2F)cc1. The Bertz CT molecular complexity index is 1590. The molecular formula is C33H35Cl2FN4O4. The smallest absolute Gasteiger partial charge is 0.325 e. The lowest BCUT2D eigenvalue weighted by Gasteiger charge is -2.37. The molecule has 4 N–H and O–H groups in total. The zero-order chi connectivity index (χ0) is 31.8. The van der Waals surface area contributed by atoms with E-state index >= 15 is 4.39 Å². The molecule has 4 atom stereocenters. The van der Waals surface area contributed by atoms with E-state index in [9.17, 15) is 14.4 Å². The van der Waals surface area contributed by atoms with Crippen molar-refractivity contribution in [3.8, 4) is 0 Å². The van der Waals surface area contributed by atoms with Gasteiger partial charge in [-0.1, -0.05) is 62.2 Å². The molecule has 2 heterocycles. The summed E-state index contributed by atoms with van der Waals surface area (Å²) in [5.74, 6) is -2.79. The van der Waals surface area contributed by atoms with Crippen molar-refractivity contribution in [3.05, 3.63) is 87.7 Å². The Morgan fingerprint density at radius 3 is 2.43 bits per heavy atom. The molecule has 0 aromatic heterocycles. The summed E-state index contributed by atoms with van der Waals surface area (Å²) in [6.45, 7) is 8.19. The number of hydrogen-bond donors (Lipinski definition) is 4. The van der Waals surface area contributed by atoms with E-state index in [4.69, 9.17) is 27.9 Å². The molecule has 3 aromatic carbocycles. The number of carbonyl (C=O) groups excluding carboxylic acids is 3. The number of esters is 1. The fourth-order valence-electron chi connectivity index (χ4n) is 6.43. The van der Waals surface area contributed by atoms with Crippen LogP contribution in [0.2, 0.25) is 10.0 Å². The van der Waals surface area contributed by atoms with E-state index in [1.807, 2.05) is 0 Å². The molecule has 2 aliphatic rings. The van der Waals surface area contributed by atoms with Crippen LogP contribution in [0.25, 0.3) is 0 Å². The predicted octanol–water partition coefficient (Wildman–Crippen LogP) is 6.50. The number of benzene rings is 3. The number of amides is 2. The van der Waals surface area contributed by atoms with Crippen molar-refractivity contribution in [2.75, 3.05) is 29.1 Å². The number of nitrogens with one attached hydrogen (secondary N) is 4. The van der Waals surface area contributed by atoms with E-state index in [0.717, 1.165) is 0 Å². The minimum atomic E-state index is -1.35. The second-order valence-electron chi connectivity index (χ2n) is 12.3. The zero-order valence-electron chi connectivity index (χ0n) is 24.9. The van der Waals surface area contributed by atoms with Crippen molar-refractivity contribution in [2.45, 2.75) is 57.5 Å². The number of fused-ring (bicyclic) bond motifs is 2. The maximum Gasteiger partial charge on any atom is 0.325 e. The number of halogens is 3. The van der Waals surface area contributed by atoms with Crippen LogP contribution in [0, 0.1) is 11.2 Å². The summed E-state index contributed by atoms with van der Waals surface area (Å²) in [6.07, 6.45) is 0.506. The first-order valence-corrected chi connectivity index (χ1v) is 15.2. The van der Waals surface area contributed by atoms with E-state index in [-0.39, 0.29) is 34.4 Å². The third-order valence-electron chi connectivity index (χ3n) is 8.12. The van der Waals surface area contributed by atoms with Gasteiger partial charge in [0.1, 0.15) is 17.8 Å². The first-order valence-electron chi connectivity index (χ1n) is 14.5. The summed E-state index contributed by atoms with van der Waals surface area (Å²) < 4.78 is 20.9. The molecular weight excluding hydrogens is 606 g/mol. The third kappa shape index (κ3) is 6.01. The monoisotopic (exact) mass is 640 g/mol. The van der Waals surface area contributed by atoms with Gasteiger partial charge in [-0.15, -0.1) is 0 Å². The van der Waals surface area contributed by atoms with Crippen LogP contribution in [0.1, 0.15) is 51.2 Å². The third-order valence-corrected chi connectivity index (χ3v) is 8.64. The molecule has 44 heavy (non-hydrogen) atoms. The van der Waals surface area contributed by atoms with Gasteiger partial charge in [0.05, 0.1) is 17.7 Å². The molecule has 232 valence electrons. The van der Waals surface area contributed by atoms with Crippen LogP contribution >= 0.6 is 23.2 Å². The summed E-state index contributed by atoms with van der Waals surface area (Å²) >= 11 is 12.6. The fraction of sp³-hybridized carbons (Fsp3) is 0.364. The van der Waals surface area contributed by atoms with E-state index in [1.165, 1.54) is 6.07 Å². The molecule has 1 saturated heterocycles. The van der Waals surface area contributed by atoms with Gasteiger partial charge in [-0.2, -0.15) is 0 Å². The average Bonchev–Trinajstić information content (AvgIpc) is 3.43. The van der Waals surface area contributed by atoms with Gasteiger partial charge >= 0.3 is 5.97 Å². The van der Waals surface area contributed by atoms with Gasteiger partial charge in [0, 0.05) is 34.0 Å². The highest BCUT2D eigenvalue weighted by Gasteiger charge is 2.66. The molecule has 1 spiro atoms. The Balaban J connectivity index is 1.55. The molecule has 3 aromatic rings. The lowest BCUT2D eigenvalue weighted by molar-refractivity contribution is -0.141. The van der Waals surface area contributed by atoms with Gasteiger partial charge in [-0.3, -0.25) is 14.4 Å². The van der Waals surface area contributed by atoms with Crippen LogP contribution in [0.3, 0.4) is 0 Å². The van der Waals surface area contributed by atoms with Crippen LogP contribution in [-0.2, 0) is 24.5 Å². The highest BCUT2D eigenvalue weighted by Crippen LogP contribution is 2.57. The van der Waals surface area contributed by atoms with Gasteiger partial charge in [-0.25, -0.2) is 4.39 Å². The highest BCUT2D eigenvalue weighted by atomic mass is 35.5. The van der Waals surface area contributed by atoms with Gasteiger partial charge in [0.15, 0.2) is 0 Å². The first-order chi connectivity index (χ1) is 20.8.